The van der Waals surface area contributed by atoms with Crippen LogP contribution in [0.25, 0.3) is 0 Å². The lowest BCUT2D eigenvalue weighted by atomic mass is 10.3. The standard InChI is InChI=1S/C14H18N4O2S/c1-2-8-21(19,20)18-13-5-6-14(17-11-13)16-10-12-4-3-7-15-9-12/h3-7,9,11,18H,2,8,10H2,1H3,(H,16,17). The monoisotopic (exact) mass is 306 g/mol. The lowest BCUT2D eigenvalue weighted by Crippen LogP contribution is -2.16. The van der Waals surface area contributed by atoms with Crippen molar-refractivity contribution in [1.82, 2.24) is 9.97 Å². The van der Waals surface area contributed by atoms with Crippen molar-refractivity contribution in [2.45, 2.75) is 19.9 Å². The average molecular weight is 306 g/mol. The van der Waals surface area contributed by atoms with Gasteiger partial charge in [-0.05, 0) is 30.2 Å². The van der Waals surface area contributed by atoms with Crippen LogP contribution >= 0.6 is 0 Å². The summed E-state index contributed by atoms with van der Waals surface area (Å²) >= 11 is 0. The predicted molar refractivity (Wildman–Crippen MR) is 83.5 cm³/mol. The molecule has 2 aromatic heterocycles. The SMILES string of the molecule is CCCS(=O)(=O)Nc1ccc(NCc2cccnc2)nc1. The third-order valence-electron chi connectivity index (χ3n) is 2.71. The number of hydrogen-bond acceptors (Lipinski definition) is 5. The van der Waals surface area contributed by atoms with Gasteiger partial charge in [0.1, 0.15) is 5.82 Å². The van der Waals surface area contributed by atoms with Gasteiger partial charge in [-0.1, -0.05) is 13.0 Å². The van der Waals surface area contributed by atoms with E-state index in [1.807, 2.05) is 19.1 Å². The smallest absolute Gasteiger partial charge is 0.232 e. The van der Waals surface area contributed by atoms with Gasteiger partial charge in [0, 0.05) is 18.9 Å². The van der Waals surface area contributed by atoms with Crippen molar-refractivity contribution in [2.75, 3.05) is 15.8 Å². The Balaban J connectivity index is 1.93. The summed E-state index contributed by atoms with van der Waals surface area (Å²) in [5, 5.41) is 3.15. The van der Waals surface area contributed by atoms with E-state index in [2.05, 4.69) is 20.0 Å². The normalized spacial score (nSPS) is 11.1. The second-order valence-electron chi connectivity index (χ2n) is 4.57. The van der Waals surface area contributed by atoms with Crippen LogP contribution in [0.5, 0.6) is 0 Å². The highest BCUT2D eigenvalue weighted by atomic mass is 32.2. The van der Waals surface area contributed by atoms with E-state index < -0.39 is 10.0 Å². The number of sulfonamides is 1. The second kappa shape index (κ2) is 7.03. The molecule has 0 saturated heterocycles. The Morgan fingerprint density at radius 1 is 1.19 bits per heavy atom. The minimum atomic E-state index is -3.27. The highest BCUT2D eigenvalue weighted by Gasteiger charge is 2.08. The molecular formula is C14H18N4O2S. The third kappa shape index (κ3) is 5.03. The number of anilines is 2. The van der Waals surface area contributed by atoms with Gasteiger partial charge in [-0.15, -0.1) is 0 Å². The lowest BCUT2D eigenvalue weighted by Gasteiger charge is -2.08. The van der Waals surface area contributed by atoms with Crippen LogP contribution in [0.2, 0.25) is 0 Å². The van der Waals surface area contributed by atoms with Crippen LogP contribution in [0.1, 0.15) is 18.9 Å². The zero-order valence-corrected chi connectivity index (χ0v) is 12.6. The molecule has 0 bridgehead atoms. The molecule has 0 aliphatic carbocycles. The summed E-state index contributed by atoms with van der Waals surface area (Å²) in [6.45, 7) is 2.44. The van der Waals surface area contributed by atoms with Crippen molar-refractivity contribution >= 4 is 21.5 Å². The molecule has 0 aromatic carbocycles. The number of hydrogen-bond donors (Lipinski definition) is 2. The van der Waals surface area contributed by atoms with Crippen molar-refractivity contribution < 1.29 is 8.42 Å². The van der Waals surface area contributed by atoms with Gasteiger partial charge in [0.15, 0.2) is 0 Å². The fourth-order valence-corrected chi connectivity index (χ4v) is 2.87. The lowest BCUT2D eigenvalue weighted by molar-refractivity contribution is 0.600. The maximum Gasteiger partial charge on any atom is 0.232 e. The van der Waals surface area contributed by atoms with Crippen molar-refractivity contribution in [3.8, 4) is 0 Å². The molecule has 0 spiro atoms. The van der Waals surface area contributed by atoms with Crippen molar-refractivity contribution in [1.29, 1.82) is 0 Å². The van der Waals surface area contributed by atoms with Crippen molar-refractivity contribution in [2.24, 2.45) is 0 Å². The third-order valence-corrected chi connectivity index (χ3v) is 4.20. The van der Waals surface area contributed by atoms with Crippen LogP contribution in [0.4, 0.5) is 11.5 Å². The van der Waals surface area contributed by atoms with E-state index in [1.54, 1.807) is 24.5 Å². The molecule has 6 nitrogen and oxygen atoms in total. The van der Waals surface area contributed by atoms with Crippen LogP contribution in [0.15, 0.2) is 42.9 Å². The quantitative estimate of drug-likeness (QED) is 0.819. The summed E-state index contributed by atoms with van der Waals surface area (Å²) in [5.41, 5.74) is 1.52. The molecular weight excluding hydrogens is 288 g/mol. The Labute approximate surface area is 124 Å². The molecule has 0 atom stereocenters. The maximum atomic E-state index is 11.6. The Kier molecular flexibility index (Phi) is 5.10. The first-order chi connectivity index (χ1) is 10.1. The molecule has 0 fully saturated rings. The number of rotatable bonds is 7. The van der Waals surface area contributed by atoms with Crippen molar-refractivity contribution in [3.05, 3.63) is 48.4 Å². The van der Waals surface area contributed by atoms with E-state index in [4.69, 9.17) is 0 Å². The zero-order chi connectivity index (χ0) is 15.1. The molecule has 0 saturated carbocycles. The first kappa shape index (κ1) is 15.2. The maximum absolute atomic E-state index is 11.6. The van der Waals surface area contributed by atoms with Crippen LogP contribution in [0.3, 0.4) is 0 Å². The van der Waals surface area contributed by atoms with Gasteiger partial charge in [-0.2, -0.15) is 0 Å². The van der Waals surface area contributed by atoms with Crippen LogP contribution in [-0.2, 0) is 16.6 Å². The highest BCUT2D eigenvalue weighted by Crippen LogP contribution is 2.12. The largest absolute Gasteiger partial charge is 0.366 e. The topological polar surface area (TPSA) is 84.0 Å². The molecule has 0 aliphatic rings. The van der Waals surface area contributed by atoms with E-state index in [0.717, 1.165) is 5.56 Å². The van der Waals surface area contributed by atoms with E-state index in [-0.39, 0.29) is 5.75 Å². The van der Waals surface area contributed by atoms with Crippen LogP contribution in [-0.4, -0.2) is 24.1 Å². The van der Waals surface area contributed by atoms with Gasteiger partial charge >= 0.3 is 0 Å². The van der Waals surface area contributed by atoms with E-state index in [1.165, 1.54) is 6.20 Å². The molecule has 0 amide bonds. The van der Waals surface area contributed by atoms with Crippen molar-refractivity contribution in [3.63, 3.8) is 0 Å². The molecule has 2 N–H and O–H groups in total. The van der Waals surface area contributed by atoms with Crippen LogP contribution < -0.4 is 10.0 Å². The average Bonchev–Trinajstić information content (AvgIpc) is 2.47. The number of nitrogens with zero attached hydrogens (tertiary/aromatic N) is 2. The summed E-state index contributed by atoms with van der Waals surface area (Å²) in [6, 6.07) is 7.26. The molecule has 0 unspecified atom stereocenters. The van der Waals surface area contributed by atoms with Gasteiger partial charge < -0.3 is 5.32 Å². The first-order valence-electron chi connectivity index (χ1n) is 6.68. The Hall–Kier alpha value is -2.15. The number of pyridine rings is 2. The molecule has 2 aromatic rings. The summed E-state index contributed by atoms with van der Waals surface area (Å²) in [6.07, 6.45) is 5.57. The fraction of sp³-hybridized carbons (Fsp3) is 0.286. The Morgan fingerprint density at radius 2 is 2.05 bits per heavy atom. The summed E-state index contributed by atoms with van der Waals surface area (Å²) in [7, 11) is -3.27. The van der Waals surface area contributed by atoms with E-state index in [9.17, 15) is 8.42 Å². The number of nitrogens with one attached hydrogen (secondary N) is 2. The van der Waals surface area contributed by atoms with Crippen LogP contribution in [0, 0.1) is 0 Å². The second-order valence-corrected chi connectivity index (χ2v) is 6.41. The van der Waals surface area contributed by atoms with Gasteiger partial charge in [0.2, 0.25) is 10.0 Å². The van der Waals surface area contributed by atoms with Gasteiger partial charge in [0.25, 0.3) is 0 Å². The fourth-order valence-electron chi connectivity index (χ4n) is 1.75. The minimum Gasteiger partial charge on any atom is -0.366 e. The minimum absolute atomic E-state index is 0.105. The van der Waals surface area contributed by atoms with E-state index in [0.29, 0.717) is 24.5 Å². The molecule has 2 rings (SSSR count). The van der Waals surface area contributed by atoms with E-state index >= 15 is 0 Å². The molecule has 0 aliphatic heterocycles. The molecule has 112 valence electrons. The highest BCUT2D eigenvalue weighted by molar-refractivity contribution is 7.92. The summed E-state index contributed by atoms with van der Waals surface area (Å²) < 4.78 is 25.8. The summed E-state index contributed by atoms with van der Waals surface area (Å²) in [5.74, 6) is 0.783. The zero-order valence-electron chi connectivity index (χ0n) is 11.8. The predicted octanol–water partition coefficient (Wildman–Crippen LogP) is 2.24. The van der Waals surface area contributed by atoms with Gasteiger partial charge in [0.05, 0.1) is 17.6 Å². The number of aromatic nitrogens is 2. The first-order valence-corrected chi connectivity index (χ1v) is 8.33. The van der Waals surface area contributed by atoms with Gasteiger partial charge in [-0.25, -0.2) is 13.4 Å². The molecule has 21 heavy (non-hydrogen) atoms. The molecule has 7 heteroatoms. The molecule has 0 radical (unpaired) electrons. The molecule has 2 heterocycles. The summed E-state index contributed by atoms with van der Waals surface area (Å²) in [4.78, 5) is 8.21. The Bertz CT molecular complexity index is 657. The van der Waals surface area contributed by atoms with Gasteiger partial charge in [-0.3, -0.25) is 9.71 Å². The Morgan fingerprint density at radius 3 is 2.67 bits per heavy atom.